The van der Waals surface area contributed by atoms with E-state index in [1.54, 1.807) is 11.2 Å². The Morgan fingerprint density at radius 2 is 1.64 bits per heavy atom. The third-order valence-electron chi connectivity index (χ3n) is 10.7. The number of rotatable bonds is 6. The summed E-state index contributed by atoms with van der Waals surface area (Å²) in [4.78, 5) is 56.5. The highest BCUT2D eigenvalue weighted by Gasteiger charge is 2.36. The number of aromatic amines is 1. The summed E-state index contributed by atoms with van der Waals surface area (Å²) in [5.41, 5.74) is 5.77. The van der Waals surface area contributed by atoms with Crippen molar-refractivity contribution < 1.29 is 19.1 Å². The van der Waals surface area contributed by atoms with Crippen molar-refractivity contribution in [3.63, 3.8) is 0 Å². The number of piperidine rings is 3. The molecule has 11 heteroatoms. The number of likely N-dealkylation sites (tertiary alicyclic amines) is 3. The third kappa shape index (κ3) is 6.95. The summed E-state index contributed by atoms with van der Waals surface area (Å²) in [5.74, 6) is -0.120. The average molecular weight is 642 g/mol. The second kappa shape index (κ2) is 13.9. The van der Waals surface area contributed by atoms with Gasteiger partial charge in [-0.25, -0.2) is 14.6 Å². The van der Waals surface area contributed by atoms with Gasteiger partial charge in [-0.05, 0) is 93.8 Å². The molecule has 1 atom stereocenters. The summed E-state index contributed by atoms with van der Waals surface area (Å²) < 4.78 is 6.11. The minimum Gasteiger partial charge on any atom is -0.436 e. The van der Waals surface area contributed by atoms with Crippen molar-refractivity contribution in [2.24, 2.45) is 0 Å². The van der Waals surface area contributed by atoms with Gasteiger partial charge in [0, 0.05) is 56.9 Å². The fourth-order valence-electron chi connectivity index (χ4n) is 8.04. The van der Waals surface area contributed by atoms with Gasteiger partial charge in [-0.3, -0.25) is 4.79 Å². The summed E-state index contributed by atoms with van der Waals surface area (Å²) in [6.45, 7) is 7.27. The number of carbonyl (C=O) groups excluding carboxylic acids is 3. The molecule has 4 aliphatic heterocycles. The Labute approximate surface area is 276 Å². The summed E-state index contributed by atoms with van der Waals surface area (Å²) in [6, 6.07) is 12.4. The Balaban J connectivity index is 1.00. The van der Waals surface area contributed by atoms with Gasteiger partial charge in [-0.15, -0.1) is 0 Å². The van der Waals surface area contributed by atoms with Crippen LogP contribution in [-0.2, 0) is 22.4 Å². The highest BCUT2D eigenvalue weighted by molar-refractivity contribution is 5.91. The number of para-hydroxylation sites is 1. The van der Waals surface area contributed by atoms with Crippen molar-refractivity contribution in [2.75, 3.05) is 51.1 Å². The van der Waals surface area contributed by atoms with Crippen LogP contribution in [0.5, 0.6) is 0 Å². The highest BCUT2D eigenvalue weighted by Crippen LogP contribution is 2.27. The monoisotopic (exact) mass is 641 g/mol. The highest BCUT2D eigenvalue weighted by atomic mass is 16.6. The van der Waals surface area contributed by atoms with Gasteiger partial charge in [0.2, 0.25) is 0 Å². The van der Waals surface area contributed by atoms with Crippen LogP contribution in [0.3, 0.4) is 0 Å². The van der Waals surface area contributed by atoms with Crippen molar-refractivity contribution in [1.29, 1.82) is 0 Å². The Kier molecular flexibility index (Phi) is 9.33. The molecule has 0 spiro atoms. The lowest BCUT2D eigenvalue weighted by atomic mass is 9.98. The molecule has 0 bridgehead atoms. The molecular weight excluding hydrogens is 594 g/mol. The van der Waals surface area contributed by atoms with Crippen LogP contribution in [0.15, 0.2) is 42.7 Å². The maximum atomic E-state index is 14.1. The molecule has 0 radical (unpaired) electrons. The SMILES string of the molecule is Cc1cc(C[C@@H](OC(=O)N2CCC(N3CCc4ccccc4NC3=O)CC2)C(=O)N2CCC(N3CCCCC3)CC2)cc2nc[nH]c12. The first-order chi connectivity index (χ1) is 22.9. The molecule has 250 valence electrons. The van der Waals surface area contributed by atoms with E-state index in [4.69, 9.17) is 4.74 Å². The number of urea groups is 1. The van der Waals surface area contributed by atoms with Gasteiger partial charge in [-0.2, -0.15) is 0 Å². The third-order valence-corrected chi connectivity index (χ3v) is 10.7. The molecule has 0 unspecified atom stereocenters. The molecular formula is C36H47N7O4. The minimum atomic E-state index is -0.919. The van der Waals surface area contributed by atoms with Crippen LogP contribution in [0.4, 0.5) is 15.3 Å². The molecule has 4 aliphatic rings. The number of hydrogen-bond acceptors (Lipinski definition) is 6. The lowest BCUT2D eigenvalue weighted by Gasteiger charge is -2.41. The number of anilines is 1. The second-order valence-corrected chi connectivity index (χ2v) is 13.7. The van der Waals surface area contributed by atoms with Gasteiger partial charge in [0.25, 0.3) is 5.91 Å². The van der Waals surface area contributed by atoms with Crippen molar-refractivity contribution in [3.05, 3.63) is 59.4 Å². The number of ether oxygens (including phenoxy) is 1. The number of H-pyrrole nitrogens is 1. The van der Waals surface area contributed by atoms with Crippen LogP contribution in [-0.4, -0.2) is 112 Å². The van der Waals surface area contributed by atoms with Crippen LogP contribution >= 0.6 is 0 Å². The van der Waals surface area contributed by atoms with Crippen LogP contribution in [0.25, 0.3) is 11.0 Å². The molecule has 0 aliphatic carbocycles. The molecule has 3 aromatic rings. The Hall–Kier alpha value is -4.12. The number of imidazole rings is 1. The van der Waals surface area contributed by atoms with Crippen LogP contribution in [0, 0.1) is 6.92 Å². The fraction of sp³-hybridized carbons (Fsp3) is 0.556. The van der Waals surface area contributed by atoms with Crippen molar-refractivity contribution in [2.45, 2.75) is 82.9 Å². The predicted molar refractivity (Wildman–Crippen MR) is 180 cm³/mol. The first-order valence-electron chi connectivity index (χ1n) is 17.5. The van der Waals surface area contributed by atoms with Gasteiger partial charge < -0.3 is 34.6 Å². The number of hydrogen-bond donors (Lipinski definition) is 2. The minimum absolute atomic E-state index is 0.0375. The maximum Gasteiger partial charge on any atom is 0.410 e. The number of fused-ring (bicyclic) bond motifs is 2. The van der Waals surface area contributed by atoms with E-state index in [9.17, 15) is 14.4 Å². The number of nitrogens with zero attached hydrogens (tertiary/aromatic N) is 5. The summed E-state index contributed by atoms with van der Waals surface area (Å²) in [6.07, 6.45) is 8.44. The fourth-order valence-corrected chi connectivity index (χ4v) is 8.04. The second-order valence-electron chi connectivity index (χ2n) is 13.7. The largest absolute Gasteiger partial charge is 0.436 e. The zero-order valence-corrected chi connectivity index (χ0v) is 27.5. The van der Waals surface area contributed by atoms with Gasteiger partial charge in [0.05, 0.1) is 17.4 Å². The van der Waals surface area contributed by atoms with E-state index in [2.05, 4.69) is 26.3 Å². The molecule has 7 rings (SSSR count). The van der Waals surface area contributed by atoms with Gasteiger partial charge >= 0.3 is 12.1 Å². The van der Waals surface area contributed by atoms with Gasteiger partial charge in [0.1, 0.15) is 0 Å². The quantitative estimate of drug-likeness (QED) is 0.394. The smallest absolute Gasteiger partial charge is 0.410 e. The number of carbonyl (C=O) groups is 3. The molecule has 4 amide bonds. The molecule has 0 saturated carbocycles. The lowest BCUT2D eigenvalue weighted by molar-refractivity contribution is -0.142. The zero-order valence-electron chi connectivity index (χ0n) is 27.5. The molecule has 2 aromatic carbocycles. The lowest BCUT2D eigenvalue weighted by Crippen LogP contribution is -2.53. The normalized spacial score (nSPS) is 20.9. The molecule has 3 saturated heterocycles. The molecule has 3 fully saturated rings. The summed E-state index contributed by atoms with van der Waals surface area (Å²) >= 11 is 0. The van der Waals surface area contributed by atoms with Crippen molar-refractivity contribution >= 4 is 34.8 Å². The van der Waals surface area contributed by atoms with Crippen LogP contribution in [0.2, 0.25) is 0 Å². The van der Waals surface area contributed by atoms with E-state index in [0.717, 1.165) is 65.8 Å². The number of aromatic nitrogens is 2. The van der Waals surface area contributed by atoms with Crippen LogP contribution in [0.1, 0.15) is 61.6 Å². The Bertz CT molecular complexity index is 1580. The standard InChI is InChI=1S/C36H47N7O4/c1-25-21-26(22-31-33(25)38-24-37-31)23-32(34(44)41-16-10-28(11-17-41)40-14-5-2-6-15-40)47-36(46)42-18-12-29(13-19-42)43-20-9-27-7-3-4-8-30(27)39-35(43)45/h3-4,7-8,21-22,24,28-29,32H,2,5-6,9-20,23H2,1H3,(H,37,38)(H,39,45)/t32-/m1/s1. The van der Waals surface area contributed by atoms with Gasteiger partial charge in [-0.1, -0.05) is 30.7 Å². The Morgan fingerprint density at radius 3 is 2.43 bits per heavy atom. The van der Waals surface area contributed by atoms with Crippen LogP contribution < -0.4 is 5.32 Å². The predicted octanol–water partition coefficient (Wildman–Crippen LogP) is 4.95. The Morgan fingerprint density at radius 1 is 0.915 bits per heavy atom. The number of amides is 4. The molecule has 1 aromatic heterocycles. The van der Waals surface area contributed by atoms with Crippen molar-refractivity contribution in [3.8, 4) is 0 Å². The van der Waals surface area contributed by atoms with E-state index in [0.29, 0.717) is 58.0 Å². The number of nitrogens with one attached hydrogen (secondary N) is 2. The van der Waals surface area contributed by atoms with E-state index in [1.807, 2.05) is 47.1 Å². The first-order valence-corrected chi connectivity index (χ1v) is 17.5. The van der Waals surface area contributed by atoms with Crippen molar-refractivity contribution in [1.82, 2.24) is 29.6 Å². The average Bonchev–Trinajstić information content (AvgIpc) is 3.52. The molecule has 5 heterocycles. The van der Waals surface area contributed by atoms with E-state index in [1.165, 1.54) is 19.3 Å². The summed E-state index contributed by atoms with van der Waals surface area (Å²) in [5, 5.41) is 3.06. The summed E-state index contributed by atoms with van der Waals surface area (Å²) in [7, 11) is 0. The maximum absolute atomic E-state index is 14.1. The van der Waals surface area contributed by atoms with E-state index < -0.39 is 12.2 Å². The number of benzene rings is 2. The topological polar surface area (TPSA) is 114 Å². The van der Waals surface area contributed by atoms with E-state index in [-0.39, 0.29) is 18.0 Å². The van der Waals surface area contributed by atoms with E-state index >= 15 is 0 Å². The molecule has 2 N–H and O–H groups in total. The molecule has 47 heavy (non-hydrogen) atoms. The molecule has 11 nitrogen and oxygen atoms in total. The number of aryl methyl sites for hydroxylation is 1. The first kappa shape index (κ1) is 31.5. The zero-order chi connectivity index (χ0) is 32.3. The van der Waals surface area contributed by atoms with Gasteiger partial charge in [0.15, 0.2) is 6.10 Å².